The van der Waals surface area contributed by atoms with Crippen LogP contribution in [0.3, 0.4) is 0 Å². The number of pyridine rings is 2. The Balaban J connectivity index is 0.00000186. The Labute approximate surface area is 241 Å². The van der Waals surface area contributed by atoms with Gasteiger partial charge in [0.25, 0.3) is 0 Å². The third-order valence-electron chi connectivity index (χ3n) is 5.28. The van der Waals surface area contributed by atoms with E-state index >= 15 is 0 Å². The number of aromatic nitrogens is 4. The zero-order chi connectivity index (χ0) is 26.9. The van der Waals surface area contributed by atoms with Gasteiger partial charge in [0, 0.05) is 43.8 Å². The van der Waals surface area contributed by atoms with Gasteiger partial charge in [0.2, 0.25) is 6.29 Å². The standard InChI is InChI=1S/C24H22Cl2IN4O3P.C2H6/c1-14(23-18(25)12-28-13-19(23)26)34-16-6-9-22-17(10-16)20(30-31(22)35-27)7-4-15-5-8-21(29-11-15)24(32-2)33-3;1-2/h4-14,24,35H,1-3H3;1-2H3/b7-4+;/t14-;/m1./s1. The largest absolute Gasteiger partial charge is 0.486 e. The summed E-state index contributed by atoms with van der Waals surface area (Å²) in [5.74, 6) is 0.691. The molecule has 0 bridgehead atoms. The van der Waals surface area contributed by atoms with Crippen molar-refractivity contribution in [2.45, 2.75) is 33.2 Å². The molecule has 1 unspecified atom stereocenters. The van der Waals surface area contributed by atoms with E-state index in [4.69, 9.17) is 42.5 Å². The number of ether oxygens (including phenoxy) is 3. The van der Waals surface area contributed by atoms with Crippen molar-refractivity contribution in [3.63, 3.8) is 0 Å². The summed E-state index contributed by atoms with van der Waals surface area (Å²) in [6.07, 6.45) is 8.45. The summed E-state index contributed by atoms with van der Waals surface area (Å²) in [7, 11) is 3.16. The van der Waals surface area contributed by atoms with E-state index in [1.54, 1.807) is 32.8 Å². The molecule has 0 aliphatic rings. The molecule has 3 aromatic heterocycles. The number of nitrogens with zero attached hydrogens (tertiary/aromatic N) is 4. The van der Waals surface area contributed by atoms with E-state index < -0.39 is 6.29 Å². The van der Waals surface area contributed by atoms with Gasteiger partial charge in [0.1, 0.15) is 11.9 Å². The molecule has 1 aromatic carbocycles. The van der Waals surface area contributed by atoms with Crippen LogP contribution in [0.2, 0.25) is 10.0 Å². The van der Waals surface area contributed by atoms with Gasteiger partial charge < -0.3 is 14.2 Å². The van der Waals surface area contributed by atoms with E-state index in [1.807, 2.05) is 67.7 Å². The molecule has 0 N–H and O–H groups in total. The molecule has 37 heavy (non-hydrogen) atoms. The van der Waals surface area contributed by atoms with Crippen LogP contribution in [-0.2, 0) is 9.47 Å². The summed E-state index contributed by atoms with van der Waals surface area (Å²) >= 11 is 14.9. The average Bonchev–Trinajstić information content (AvgIpc) is 3.27. The fourth-order valence-electron chi connectivity index (χ4n) is 3.62. The smallest absolute Gasteiger partial charge is 0.200 e. The third-order valence-corrected chi connectivity index (χ3v) is 7.76. The number of hydrogen-bond acceptors (Lipinski definition) is 6. The Kier molecular flexibility index (Phi) is 11.6. The van der Waals surface area contributed by atoms with Crippen molar-refractivity contribution in [2.75, 3.05) is 14.2 Å². The van der Waals surface area contributed by atoms with Crippen molar-refractivity contribution in [1.82, 2.24) is 19.5 Å². The SMILES string of the molecule is CC.COC(OC)c1ccc(/C=C/c2nn(PI)c3ccc(O[C@H](C)c4c(Cl)cncc4Cl)cc23)cn1. The van der Waals surface area contributed by atoms with Crippen LogP contribution in [0.15, 0.2) is 48.9 Å². The zero-order valence-corrected chi connectivity index (χ0v) is 25.7. The fraction of sp³-hybridized carbons (Fsp3) is 0.269. The molecule has 0 saturated heterocycles. The summed E-state index contributed by atoms with van der Waals surface area (Å²) < 4.78 is 18.7. The first kappa shape index (κ1) is 29.7. The lowest BCUT2D eigenvalue weighted by molar-refractivity contribution is -0.108. The van der Waals surface area contributed by atoms with Gasteiger partial charge in [-0.05, 0) is 64.9 Å². The van der Waals surface area contributed by atoms with Crippen LogP contribution < -0.4 is 4.74 Å². The highest BCUT2D eigenvalue weighted by Crippen LogP contribution is 2.36. The number of benzene rings is 1. The van der Waals surface area contributed by atoms with Crippen LogP contribution in [0.1, 0.15) is 55.7 Å². The maximum Gasteiger partial charge on any atom is 0.200 e. The summed E-state index contributed by atoms with van der Waals surface area (Å²) in [4.78, 5) is 8.44. The van der Waals surface area contributed by atoms with Gasteiger partial charge in [-0.2, -0.15) is 5.10 Å². The molecule has 0 aliphatic heterocycles. The molecule has 0 saturated carbocycles. The van der Waals surface area contributed by atoms with Crippen molar-refractivity contribution in [3.8, 4) is 5.75 Å². The minimum absolute atomic E-state index is 0.358. The monoisotopic (exact) mass is 672 g/mol. The second kappa shape index (κ2) is 14.4. The average molecular weight is 673 g/mol. The zero-order valence-electron chi connectivity index (χ0n) is 21.1. The molecule has 0 aliphatic carbocycles. The molecule has 2 atom stereocenters. The number of halogens is 3. The molecule has 11 heteroatoms. The summed E-state index contributed by atoms with van der Waals surface area (Å²) in [5, 5.41) is 6.68. The van der Waals surface area contributed by atoms with Crippen LogP contribution in [0.5, 0.6) is 5.75 Å². The molecule has 0 radical (unpaired) electrons. The lowest BCUT2D eigenvalue weighted by atomic mass is 10.1. The van der Waals surface area contributed by atoms with Gasteiger partial charge in [-0.25, -0.2) is 4.45 Å². The topological polar surface area (TPSA) is 71.3 Å². The highest BCUT2D eigenvalue weighted by molar-refractivity contribution is 14.2. The minimum Gasteiger partial charge on any atom is -0.486 e. The highest BCUT2D eigenvalue weighted by Gasteiger charge is 2.17. The van der Waals surface area contributed by atoms with Crippen molar-refractivity contribution in [2.24, 2.45) is 0 Å². The van der Waals surface area contributed by atoms with E-state index in [-0.39, 0.29) is 6.10 Å². The Morgan fingerprint density at radius 3 is 2.30 bits per heavy atom. The van der Waals surface area contributed by atoms with E-state index in [0.29, 0.717) is 33.4 Å². The first-order valence-electron chi connectivity index (χ1n) is 11.5. The van der Waals surface area contributed by atoms with Crippen LogP contribution in [0.4, 0.5) is 0 Å². The van der Waals surface area contributed by atoms with Gasteiger partial charge >= 0.3 is 0 Å². The molecular formula is C26H28Cl2IN4O3P. The molecule has 4 aromatic rings. The molecule has 7 nitrogen and oxygen atoms in total. The van der Waals surface area contributed by atoms with Crippen molar-refractivity contribution in [3.05, 3.63) is 81.5 Å². The Morgan fingerprint density at radius 2 is 1.70 bits per heavy atom. The predicted octanol–water partition coefficient (Wildman–Crippen LogP) is 8.55. The van der Waals surface area contributed by atoms with Crippen molar-refractivity contribution >= 4 is 74.7 Å². The van der Waals surface area contributed by atoms with Gasteiger partial charge in [-0.3, -0.25) is 9.97 Å². The summed E-state index contributed by atoms with van der Waals surface area (Å²) in [6, 6.07) is 9.76. The van der Waals surface area contributed by atoms with Crippen molar-refractivity contribution in [1.29, 1.82) is 0 Å². The first-order chi connectivity index (χ1) is 17.9. The molecule has 0 fully saturated rings. The highest BCUT2D eigenvalue weighted by atomic mass is 127. The lowest BCUT2D eigenvalue weighted by Crippen LogP contribution is -2.05. The van der Waals surface area contributed by atoms with E-state index in [1.165, 1.54) is 0 Å². The van der Waals surface area contributed by atoms with Gasteiger partial charge in [0.05, 0.1) is 33.3 Å². The molecular weight excluding hydrogens is 645 g/mol. The number of rotatable bonds is 9. The van der Waals surface area contributed by atoms with Gasteiger partial charge in [-0.15, -0.1) is 0 Å². The van der Waals surface area contributed by atoms with Crippen molar-refractivity contribution < 1.29 is 14.2 Å². The fourth-order valence-corrected chi connectivity index (χ4v) is 5.83. The Morgan fingerprint density at radius 1 is 1.00 bits per heavy atom. The second-order valence-corrected chi connectivity index (χ2v) is 10.3. The second-order valence-electron chi connectivity index (χ2n) is 7.49. The molecule has 0 spiro atoms. The molecule has 196 valence electrons. The molecule has 4 rings (SSSR count). The normalized spacial score (nSPS) is 12.5. The molecule has 3 heterocycles. The van der Waals surface area contributed by atoms with E-state index in [9.17, 15) is 0 Å². The lowest BCUT2D eigenvalue weighted by Gasteiger charge is -2.17. The number of methoxy groups -OCH3 is 2. The quantitative estimate of drug-likeness (QED) is 0.101. The maximum absolute atomic E-state index is 6.31. The third kappa shape index (κ3) is 7.19. The van der Waals surface area contributed by atoms with Crippen LogP contribution in [0, 0.1) is 0 Å². The first-order valence-corrected chi connectivity index (χ1v) is 16.3. The summed E-state index contributed by atoms with van der Waals surface area (Å²) in [5.41, 5.74) is 4.19. The van der Waals surface area contributed by atoms with E-state index in [2.05, 4.69) is 32.0 Å². The number of fused-ring (bicyclic) bond motifs is 1. The van der Waals surface area contributed by atoms with Crippen LogP contribution in [0.25, 0.3) is 23.1 Å². The molecule has 0 amide bonds. The van der Waals surface area contributed by atoms with Gasteiger partial charge in [0.15, 0.2) is 0 Å². The maximum atomic E-state index is 6.31. The predicted molar refractivity (Wildman–Crippen MR) is 162 cm³/mol. The van der Waals surface area contributed by atoms with E-state index in [0.717, 1.165) is 22.2 Å². The number of hydrogen-bond donors (Lipinski definition) is 0. The van der Waals surface area contributed by atoms with Gasteiger partial charge in [-0.1, -0.05) is 49.2 Å². The van der Waals surface area contributed by atoms with Crippen LogP contribution in [-0.4, -0.2) is 33.7 Å². The minimum atomic E-state index is -0.491. The Hall–Kier alpha value is -1.81. The Bertz CT molecular complexity index is 1330. The summed E-state index contributed by atoms with van der Waals surface area (Å²) in [6.45, 7) is 5.90. The van der Waals surface area contributed by atoms with Crippen LogP contribution >= 0.6 is 51.6 Å².